The maximum Gasteiger partial charge on any atom is 0.361 e. The monoisotopic (exact) mass is 1220 g/mol. The number of carboxylic acid groups (broad SMARTS) is 1. The Morgan fingerprint density at radius 2 is 0.655 bits per heavy atom. The minimum Gasteiger partial charge on any atom is -0.477 e. The van der Waals surface area contributed by atoms with E-state index in [0.29, 0.717) is 23.9 Å². The summed E-state index contributed by atoms with van der Waals surface area (Å²) in [5, 5.41) is 9.75. The molecule has 0 heterocycles. The predicted molar refractivity (Wildman–Crippen MR) is 373 cm³/mol. The van der Waals surface area contributed by atoms with E-state index in [1.807, 2.05) is 21.1 Å². The van der Waals surface area contributed by atoms with Crippen LogP contribution in [0.15, 0.2) is 72.9 Å². The summed E-state index contributed by atoms with van der Waals surface area (Å²) in [6.45, 7) is 4.79. The number of carboxylic acids is 1. The summed E-state index contributed by atoms with van der Waals surface area (Å²) in [6.07, 6.45) is 89.1. The fourth-order valence-electron chi connectivity index (χ4n) is 10.8. The summed E-state index contributed by atoms with van der Waals surface area (Å²) in [5.41, 5.74) is 0. The smallest absolute Gasteiger partial charge is 0.361 e. The van der Waals surface area contributed by atoms with Gasteiger partial charge in [0.05, 0.1) is 34.4 Å². The lowest BCUT2D eigenvalue weighted by Crippen LogP contribution is -2.40. The van der Waals surface area contributed by atoms with Crippen molar-refractivity contribution in [3.05, 3.63) is 72.9 Å². The number of hydrogen-bond donors (Lipinski definition) is 1. The molecule has 0 aliphatic carbocycles. The standard InChI is InChI=1S/C78H141NO8/c1-6-8-10-12-14-16-18-20-22-24-26-28-30-31-32-33-34-35-36-37-38-39-40-41-42-43-44-45-47-48-50-52-54-56-58-60-62-64-66-68-75(80)85-72-74(73-86-78(77(82)83)84-71-70-79(3,4)5)87-76(81)69-67-65-63-61-59-57-55-53-51-49-46-29-27-25-23-21-19-17-15-13-11-9-7-2/h9,11,15,17,21,23-24,26-27,29,49,51,74,78H,6-8,10,12-14,16,18-20,22,25,28,30-48,50,52-73H2,1-5H3/p+1/b11-9-,17-15-,23-21-,26-24-,29-27-,51-49-. The first-order valence-electron chi connectivity index (χ1n) is 37.1. The number of carbonyl (C=O) groups excluding carboxylic acids is 2. The number of esters is 2. The van der Waals surface area contributed by atoms with E-state index in [9.17, 15) is 19.5 Å². The number of unbranched alkanes of at least 4 members (excludes halogenated alkanes) is 42. The second-order valence-electron chi connectivity index (χ2n) is 26.2. The molecule has 0 spiro atoms. The van der Waals surface area contributed by atoms with Crippen molar-refractivity contribution in [2.45, 2.75) is 360 Å². The minimum absolute atomic E-state index is 0.184. The maximum absolute atomic E-state index is 12.9. The number of aliphatic carboxylic acids is 1. The van der Waals surface area contributed by atoms with Gasteiger partial charge in [-0.15, -0.1) is 0 Å². The summed E-state index contributed by atoms with van der Waals surface area (Å²) in [7, 11) is 5.98. The average Bonchev–Trinajstić information content (AvgIpc) is 3.50. The molecule has 506 valence electrons. The Kier molecular flexibility index (Phi) is 66.1. The van der Waals surface area contributed by atoms with Gasteiger partial charge in [0, 0.05) is 12.8 Å². The summed E-state index contributed by atoms with van der Waals surface area (Å²) < 4.78 is 23.0. The van der Waals surface area contributed by atoms with Crippen molar-refractivity contribution in [1.29, 1.82) is 0 Å². The van der Waals surface area contributed by atoms with Crippen molar-refractivity contribution < 1.29 is 42.9 Å². The highest BCUT2D eigenvalue weighted by Crippen LogP contribution is 2.19. The molecule has 0 saturated carbocycles. The van der Waals surface area contributed by atoms with E-state index in [2.05, 4.69) is 86.8 Å². The zero-order valence-electron chi connectivity index (χ0n) is 57.9. The molecule has 0 fully saturated rings. The van der Waals surface area contributed by atoms with E-state index >= 15 is 0 Å². The maximum atomic E-state index is 12.9. The fourth-order valence-corrected chi connectivity index (χ4v) is 10.8. The van der Waals surface area contributed by atoms with Gasteiger partial charge in [-0.05, 0) is 83.5 Å². The van der Waals surface area contributed by atoms with Gasteiger partial charge in [-0.1, -0.05) is 324 Å². The third-order valence-electron chi connectivity index (χ3n) is 16.4. The molecule has 0 amide bonds. The van der Waals surface area contributed by atoms with Crippen LogP contribution in [0.25, 0.3) is 0 Å². The third-order valence-corrected chi connectivity index (χ3v) is 16.4. The molecular weight excluding hydrogens is 1080 g/mol. The second-order valence-corrected chi connectivity index (χ2v) is 26.2. The van der Waals surface area contributed by atoms with Gasteiger partial charge in [-0.25, -0.2) is 4.79 Å². The van der Waals surface area contributed by atoms with Crippen LogP contribution in [0.5, 0.6) is 0 Å². The zero-order chi connectivity index (χ0) is 63.3. The topological polar surface area (TPSA) is 108 Å². The van der Waals surface area contributed by atoms with E-state index in [-0.39, 0.29) is 32.2 Å². The summed E-state index contributed by atoms with van der Waals surface area (Å²) in [5.74, 6) is -2.01. The summed E-state index contributed by atoms with van der Waals surface area (Å²) in [4.78, 5) is 37.6. The highest BCUT2D eigenvalue weighted by molar-refractivity contribution is 5.71. The fraction of sp³-hybridized carbons (Fsp3) is 0.808. The Bertz CT molecular complexity index is 1660. The average molecular weight is 1220 g/mol. The zero-order valence-corrected chi connectivity index (χ0v) is 57.9. The number of nitrogens with zero attached hydrogens (tertiary/aromatic N) is 1. The molecule has 0 aromatic carbocycles. The SMILES string of the molecule is CC/C=C\C/C=C\C/C=C\C/C=C\C/C=C\CCCCCCCCCC(=O)OC(COC(=O)CCCCCCCCCCCCCCCCCCCCCCCCCCCCC/C=C\CCCCCCCCCC)COC(OCC[N+](C)(C)C)C(=O)O. The van der Waals surface area contributed by atoms with Crippen molar-refractivity contribution >= 4 is 17.9 Å². The van der Waals surface area contributed by atoms with Crippen LogP contribution in [0.3, 0.4) is 0 Å². The minimum atomic E-state index is -1.52. The molecule has 9 nitrogen and oxygen atoms in total. The van der Waals surface area contributed by atoms with Crippen LogP contribution in [0.4, 0.5) is 0 Å². The van der Waals surface area contributed by atoms with Gasteiger partial charge >= 0.3 is 17.9 Å². The van der Waals surface area contributed by atoms with E-state index in [0.717, 1.165) is 77.0 Å². The Morgan fingerprint density at radius 1 is 0.356 bits per heavy atom. The van der Waals surface area contributed by atoms with Crippen LogP contribution >= 0.6 is 0 Å². The Morgan fingerprint density at radius 3 is 0.989 bits per heavy atom. The highest BCUT2D eigenvalue weighted by Gasteiger charge is 2.25. The van der Waals surface area contributed by atoms with E-state index in [1.165, 1.54) is 238 Å². The molecule has 1 N–H and O–H groups in total. The van der Waals surface area contributed by atoms with Crippen molar-refractivity contribution in [3.63, 3.8) is 0 Å². The molecule has 2 atom stereocenters. The van der Waals surface area contributed by atoms with Crippen molar-refractivity contribution in [2.24, 2.45) is 0 Å². The van der Waals surface area contributed by atoms with Gasteiger partial charge in [0.2, 0.25) is 0 Å². The van der Waals surface area contributed by atoms with Crippen LogP contribution in [0.1, 0.15) is 348 Å². The first-order valence-corrected chi connectivity index (χ1v) is 37.1. The molecule has 0 bridgehead atoms. The number of ether oxygens (including phenoxy) is 4. The van der Waals surface area contributed by atoms with Gasteiger partial charge in [0.1, 0.15) is 13.2 Å². The number of rotatable bonds is 69. The second kappa shape index (κ2) is 68.6. The normalized spacial score (nSPS) is 13.1. The summed E-state index contributed by atoms with van der Waals surface area (Å²) >= 11 is 0. The van der Waals surface area contributed by atoms with Crippen molar-refractivity contribution in [1.82, 2.24) is 0 Å². The van der Waals surface area contributed by atoms with Gasteiger partial charge in [-0.3, -0.25) is 9.59 Å². The molecule has 0 radical (unpaired) electrons. The van der Waals surface area contributed by atoms with E-state index in [4.69, 9.17) is 18.9 Å². The molecule has 0 aliphatic rings. The lowest BCUT2D eigenvalue weighted by atomic mass is 10.0. The van der Waals surface area contributed by atoms with E-state index in [1.54, 1.807) is 0 Å². The quantitative estimate of drug-likeness (QED) is 0.0211. The number of carbonyl (C=O) groups is 3. The number of allylic oxidation sites excluding steroid dienone is 12. The van der Waals surface area contributed by atoms with Gasteiger partial charge < -0.3 is 28.5 Å². The van der Waals surface area contributed by atoms with Crippen LogP contribution in [-0.2, 0) is 33.3 Å². The molecule has 0 aromatic rings. The molecule has 87 heavy (non-hydrogen) atoms. The van der Waals surface area contributed by atoms with Crippen LogP contribution in [0, 0.1) is 0 Å². The Hall–Kier alpha value is -3.27. The molecule has 0 aromatic heterocycles. The van der Waals surface area contributed by atoms with Crippen LogP contribution in [-0.4, -0.2) is 87.4 Å². The molecule has 0 rings (SSSR count). The van der Waals surface area contributed by atoms with Crippen molar-refractivity contribution in [3.8, 4) is 0 Å². The first kappa shape index (κ1) is 83.7. The number of quaternary nitrogens is 1. The van der Waals surface area contributed by atoms with Gasteiger partial charge in [0.25, 0.3) is 6.29 Å². The molecular formula is C78H142NO8+. The number of likely N-dealkylation sites (N-methyl/N-ethyl adjacent to an activating group) is 1. The Labute approximate surface area is 538 Å². The largest absolute Gasteiger partial charge is 0.477 e. The number of hydrogen-bond acceptors (Lipinski definition) is 7. The molecule has 2 unspecified atom stereocenters. The van der Waals surface area contributed by atoms with Crippen molar-refractivity contribution in [2.75, 3.05) is 47.5 Å². The molecule has 9 heteroatoms. The van der Waals surface area contributed by atoms with Crippen LogP contribution in [0.2, 0.25) is 0 Å². The van der Waals surface area contributed by atoms with E-state index < -0.39 is 24.3 Å². The lowest BCUT2D eigenvalue weighted by molar-refractivity contribution is -0.870. The lowest BCUT2D eigenvalue weighted by Gasteiger charge is -2.25. The molecule has 0 saturated heterocycles. The summed E-state index contributed by atoms with van der Waals surface area (Å²) in [6, 6.07) is 0. The predicted octanol–water partition coefficient (Wildman–Crippen LogP) is 23.3. The van der Waals surface area contributed by atoms with Gasteiger partial charge in [0.15, 0.2) is 6.10 Å². The highest BCUT2D eigenvalue weighted by atomic mass is 16.7. The third kappa shape index (κ3) is 70.1. The first-order chi connectivity index (χ1) is 42.6. The molecule has 0 aliphatic heterocycles. The Balaban J connectivity index is 3.99. The van der Waals surface area contributed by atoms with Gasteiger partial charge in [-0.2, -0.15) is 0 Å². The van der Waals surface area contributed by atoms with Crippen LogP contribution < -0.4 is 0 Å².